The number of rotatable bonds is 3. The molecule has 0 radical (unpaired) electrons. The van der Waals surface area contributed by atoms with E-state index in [0.29, 0.717) is 6.54 Å². The minimum atomic E-state index is 0.128. The Morgan fingerprint density at radius 1 is 1.39 bits per heavy atom. The first kappa shape index (κ1) is 13.1. The Kier molecular flexibility index (Phi) is 4.37. The first-order chi connectivity index (χ1) is 8.63. The molecule has 1 aromatic carbocycles. The van der Waals surface area contributed by atoms with Crippen molar-refractivity contribution < 1.29 is 9.69 Å². The van der Waals surface area contributed by atoms with Gasteiger partial charge in [-0.1, -0.05) is 24.6 Å². The van der Waals surface area contributed by atoms with Crippen molar-refractivity contribution in [1.29, 1.82) is 0 Å². The molecule has 1 saturated heterocycles. The Labute approximate surface area is 109 Å². The predicted octanol–water partition coefficient (Wildman–Crippen LogP) is 1.25. The molecule has 0 saturated carbocycles. The molecule has 2 N–H and O–H groups in total. The van der Waals surface area contributed by atoms with Gasteiger partial charge in [-0.25, -0.2) is 0 Å². The van der Waals surface area contributed by atoms with Crippen molar-refractivity contribution >= 4 is 11.6 Å². The summed E-state index contributed by atoms with van der Waals surface area (Å²) in [6.45, 7) is 7.17. The third kappa shape index (κ3) is 3.84. The second-order valence-electron chi connectivity index (χ2n) is 5.54. The van der Waals surface area contributed by atoms with E-state index in [1.807, 2.05) is 31.2 Å². The van der Waals surface area contributed by atoms with Gasteiger partial charge >= 0.3 is 0 Å². The highest BCUT2D eigenvalue weighted by atomic mass is 16.2. The molecular formula is C15H23N2O+. The van der Waals surface area contributed by atoms with Crippen LogP contribution >= 0.6 is 0 Å². The average molecular weight is 247 g/mol. The van der Waals surface area contributed by atoms with Crippen LogP contribution in [0.5, 0.6) is 0 Å². The maximum atomic E-state index is 11.9. The first-order valence-corrected chi connectivity index (χ1v) is 6.83. The molecule has 18 heavy (non-hydrogen) atoms. The highest BCUT2D eigenvalue weighted by Crippen LogP contribution is 2.08. The lowest BCUT2D eigenvalue weighted by Crippen LogP contribution is -3.14. The Hall–Kier alpha value is -1.35. The third-order valence-corrected chi connectivity index (χ3v) is 3.61. The van der Waals surface area contributed by atoms with E-state index in [0.717, 1.165) is 24.7 Å². The van der Waals surface area contributed by atoms with Crippen LogP contribution in [0.4, 0.5) is 5.69 Å². The molecule has 98 valence electrons. The maximum Gasteiger partial charge on any atom is 0.279 e. The van der Waals surface area contributed by atoms with Crippen LogP contribution in [-0.2, 0) is 4.79 Å². The summed E-state index contributed by atoms with van der Waals surface area (Å²) in [4.78, 5) is 13.4. The van der Waals surface area contributed by atoms with Crippen LogP contribution in [0.25, 0.3) is 0 Å². The smallest absolute Gasteiger partial charge is 0.279 e. The summed E-state index contributed by atoms with van der Waals surface area (Å²) in [6.07, 6.45) is 2.55. The fourth-order valence-corrected chi connectivity index (χ4v) is 2.63. The molecular weight excluding hydrogens is 224 g/mol. The molecule has 1 unspecified atom stereocenters. The number of nitrogens with one attached hydrogen (secondary N) is 2. The molecule has 1 aliphatic heterocycles. The Morgan fingerprint density at radius 2 is 2.11 bits per heavy atom. The summed E-state index contributed by atoms with van der Waals surface area (Å²) in [5.41, 5.74) is 2.11. The fraction of sp³-hybridized carbons (Fsp3) is 0.533. The van der Waals surface area contributed by atoms with Gasteiger partial charge in [0, 0.05) is 11.6 Å². The number of piperidine rings is 1. The quantitative estimate of drug-likeness (QED) is 0.828. The first-order valence-electron chi connectivity index (χ1n) is 6.83. The highest BCUT2D eigenvalue weighted by Gasteiger charge is 2.21. The van der Waals surface area contributed by atoms with E-state index in [-0.39, 0.29) is 5.91 Å². The number of likely N-dealkylation sites (tertiary alicyclic amines) is 1. The second kappa shape index (κ2) is 6.01. The summed E-state index contributed by atoms with van der Waals surface area (Å²) in [5, 5.41) is 2.97. The molecule has 1 heterocycles. The van der Waals surface area contributed by atoms with E-state index in [4.69, 9.17) is 0 Å². The zero-order chi connectivity index (χ0) is 13.0. The zero-order valence-electron chi connectivity index (χ0n) is 11.3. The number of hydrogen-bond acceptors (Lipinski definition) is 1. The highest BCUT2D eigenvalue weighted by molar-refractivity contribution is 5.91. The van der Waals surface area contributed by atoms with Crippen LogP contribution < -0.4 is 10.2 Å². The van der Waals surface area contributed by atoms with Gasteiger partial charge in [0.1, 0.15) is 0 Å². The average Bonchev–Trinajstić information content (AvgIpc) is 2.32. The largest absolute Gasteiger partial charge is 0.327 e. The van der Waals surface area contributed by atoms with Crippen LogP contribution in [0.1, 0.15) is 25.3 Å². The van der Waals surface area contributed by atoms with E-state index in [1.54, 1.807) is 0 Å². The van der Waals surface area contributed by atoms with Gasteiger partial charge in [-0.15, -0.1) is 0 Å². The van der Waals surface area contributed by atoms with Crippen molar-refractivity contribution in [3.8, 4) is 0 Å². The summed E-state index contributed by atoms with van der Waals surface area (Å²) in [5.74, 6) is 0.879. The number of hydrogen-bond donors (Lipinski definition) is 2. The van der Waals surface area contributed by atoms with E-state index in [2.05, 4.69) is 12.2 Å². The number of quaternary nitrogens is 1. The van der Waals surface area contributed by atoms with Gasteiger partial charge in [-0.3, -0.25) is 4.79 Å². The van der Waals surface area contributed by atoms with Crippen molar-refractivity contribution in [2.24, 2.45) is 5.92 Å². The van der Waals surface area contributed by atoms with Gasteiger partial charge in [0.2, 0.25) is 0 Å². The van der Waals surface area contributed by atoms with Crippen LogP contribution in [-0.4, -0.2) is 25.5 Å². The normalized spacial score (nSPS) is 23.7. The maximum absolute atomic E-state index is 11.9. The topological polar surface area (TPSA) is 33.5 Å². The van der Waals surface area contributed by atoms with E-state index < -0.39 is 0 Å². The molecule has 2 atom stereocenters. The summed E-state index contributed by atoms with van der Waals surface area (Å²) in [6, 6.07) is 7.96. The number of benzene rings is 1. The fourth-order valence-electron chi connectivity index (χ4n) is 2.63. The minimum absolute atomic E-state index is 0.128. The number of carbonyl (C=O) groups excluding carboxylic acids is 1. The second-order valence-corrected chi connectivity index (χ2v) is 5.54. The monoisotopic (exact) mass is 247 g/mol. The summed E-state index contributed by atoms with van der Waals surface area (Å²) in [7, 11) is 0. The summed E-state index contributed by atoms with van der Waals surface area (Å²) >= 11 is 0. The van der Waals surface area contributed by atoms with Gasteiger partial charge < -0.3 is 10.2 Å². The number of carbonyl (C=O) groups is 1. The SMILES string of the molecule is Cc1ccc(NC(=O)C[NH+]2CCC[C@@H](C)C2)cc1. The van der Waals surface area contributed by atoms with Gasteiger partial charge in [-0.05, 0) is 31.9 Å². The Balaban J connectivity index is 1.83. The number of aryl methyl sites for hydroxylation is 1. The lowest BCUT2D eigenvalue weighted by Gasteiger charge is -2.27. The van der Waals surface area contributed by atoms with Crippen LogP contribution in [0.15, 0.2) is 24.3 Å². The Morgan fingerprint density at radius 3 is 2.78 bits per heavy atom. The molecule has 1 aliphatic rings. The minimum Gasteiger partial charge on any atom is -0.327 e. The molecule has 0 bridgehead atoms. The van der Waals surface area contributed by atoms with Crippen molar-refractivity contribution in [2.75, 3.05) is 25.0 Å². The molecule has 1 fully saturated rings. The molecule has 0 spiro atoms. The molecule has 0 aromatic heterocycles. The Bertz CT molecular complexity index is 399. The van der Waals surface area contributed by atoms with Gasteiger partial charge in [0.05, 0.1) is 13.1 Å². The third-order valence-electron chi connectivity index (χ3n) is 3.61. The number of amides is 1. The van der Waals surface area contributed by atoms with Crippen LogP contribution in [0.3, 0.4) is 0 Å². The van der Waals surface area contributed by atoms with Crippen molar-refractivity contribution in [2.45, 2.75) is 26.7 Å². The standard InChI is InChI=1S/C15H22N2O/c1-12-5-7-14(8-6-12)16-15(18)11-17-9-3-4-13(2)10-17/h5-8,13H,3-4,9-11H2,1-2H3,(H,16,18)/p+1/t13-/m1/s1. The summed E-state index contributed by atoms with van der Waals surface area (Å²) < 4.78 is 0. The van der Waals surface area contributed by atoms with Gasteiger partial charge in [0.25, 0.3) is 5.91 Å². The predicted molar refractivity (Wildman–Crippen MR) is 73.8 cm³/mol. The lowest BCUT2D eigenvalue weighted by atomic mass is 10.0. The molecule has 1 aromatic rings. The van der Waals surface area contributed by atoms with E-state index >= 15 is 0 Å². The zero-order valence-corrected chi connectivity index (χ0v) is 11.3. The van der Waals surface area contributed by atoms with Crippen molar-refractivity contribution in [3.05, 3.63) is 29.8 Å². The lowest BCUT2D eigenvalue weighted by molar-refractivity contribution is -0.900. The van der Waals surface area contributed by atoms with Crippen LogP contribution in [0, 0.1) is 12.8 Å². The molecule has 2 rings (SSSR count). The van der Waals surface area contributed by atoms with E-state index in [9.17, 15) is 4.79 Å². The molecule has 3 nitrogen and oxygen atoms in total. The number of anilines is 1. The molecule has 3 heteroatoms. The van der Waals surface area contributed by atoms with Gasteiger partial charge in [-0.2, -0.15) is 0 Å². The molecule has 0 aliphatic carbocycles. The molecule has 1 amide bonds. The van der Waals surface area contributed by atoms with Gasteiger partial charge in [0.15, 0.2) is 6.54 Å². The van der Waals surface area contributed by atoms with Crippen LogP contribution in [0.2, 0.25) is 0 Å². The van der Waals surface area contributed by atoms with E-state index in [1.165, 1.54) is 23.3 Å². The van der Waals surface area contributed by atoms with Crippen molar-refractivity contribution in [3.63, 3.8) is 0 Å². The van der Waals surface area contributed by atoms with Crippen molar-refractivity contribution in [1.82, 2.24) is 0 Å².